The number of benzene rings is 1. The Balaban J connectivity index is 1.05. The Morgan fingerprint density at radius 1 is 1.25 bits per heavy atom. The van der Waals surface area contributed by atoms with Gasteiger partial charge in [0, 0.05) is 42.6 Å². The minimum absolute atomic E-state index is 0.0413. The summed E-state index contributed by atoms with van der Waals surface area (Å²) in [5, 5.41) is 3.18. The van der Waals surface area contributed by atoms with Crippen molar-refractivity contribution >= 4 is 28.7 Å². The van der Waals surface area contributed by atoms with E-state index in [1.165, 1.54) is 11.3 Å². The maximum Gasteiger partial charge on any atom is 0.278 e. The van der Waals surface area contributed by atoms with E-state index in [4.69, 9.17) is 4.74 Å². The first-order valence-electron chi connectivity index (χ1n) is 12.9. The monoisotopic (exact) mass is 517 g/mol. The number of halogens is 2. The summed E-state index contributed by atoms with van der Waals surface area (Å²) in [5.74, 6) is -1.66. The maximum absolute atomic E-state index is 13.1. The van der Waals surface area contributed by atoms with Crippen LogP contribution in [0, 0.1) is 11.8 Å². The van der Waals surface area contributed by atoms with Gasteiger partial charge < -0.3 is 10.1 Å². The molecule has 3 heterocycles. The fourth-order valence-corrected chi connectivity index (χ4v) is 6.55. The summed E-state index contributed by atoms with van der Waals surface area (Å²) < 4.78 is 31.3. The largest absolute Gasteiger partial charge is 0.464 e. The van der Waals surface area contributed by atoms with Gasteiger partial charge in [-0.3, -0.25) is 14.5 Å². The summed E-state index contributed by atoms with van der Waals surface area (Å²) in [6.45, 7) is 2.93. The molecule has 0 saturated heterocycles. The third kappa shape index (κ3) is 6.11. The van der Waals surface area contributed by atoms with Crippen molar-refractivity contribution in [1.82, 2.24) is 9.88 Å². The number of fused-ring (bicyclic) bond motifs is 2. The summed E-state index contributed by atoms with van der Waals surface area (Å²) in [4.78, 5) is 32.7. The van der Waals surface area contributed by atoms with Gasteiger partial charge in [-0.25, -0.2) is 13.8 Å². The molecule has 1 aromatic carbocycles. The number of alkyl halides is 2. The summed E-state index contributed by atoms with van der Waals surface area (Å²) in [6, 6.07) is 5.56. The summed E-state index contributed by atoms with van der Waals surface area (Å²) >= 11 is 1.39. The predicted molar refractivity (Wildman–Crippen MR) is 135 cm³/mol. The van der Waals surface area contributed by atoms with Crippen LogP contribution < -0.4 is 10.1 Å². The van der Waals surface area contributed by atoms with Gasteiger partial charge in [-0.2, -0.15) is 0 Å². The zero-order valence-electron chi connectivity index (χ0n) is 20.7. The normalized spacial score (nSPS) is 22.1. The van der Waals surface area contributed by atoms with Crippen molar-refractivity contribution in [1.29, 1.82) is 0 Å². The number of Topliss-reactive ketones (excluding diaryl/α,β-unsaturated/α-hetero) is 1. The third-order valence-corrected chi connectivity index (χ3v) is 8.69. The average Bonchev–Trinajstić information content (AvgIpc) is 3.43. The van der Waals surface area contributed by atoms with E-state index < -0.39 is 12.5 Å². The number of nitrogens with zero attached hydrogens (tertiary/aromatic N) is 2. The number of ether oxygens (including phenoxy) is 1. The van der Waals surface area contributed by atoms with Gasteiger partial charge in [0.2, 0.25) is 5.91 Å². The fourth-order valence-electron chi connectivity index (χ4n) is 5.64. The molecule has 1 N–H and O–H groups in total. The number of carbonyl (C=O) groups is 2. The Kier molecular flexibility index (Phi) is 7.40. The van der Waals surface area contributed by atoms with Crippen molar-refractivity contribution in [2.24, 2.45) is 11.8 Å². The van der Waals surface area contributed by atoms with Crippen LogP contribution in [0.3, 0.4) is 0 Å². The lowest BCUT2D eigenvalue weighted by Crippen LogP contribution is -2.32. The van der Waals surface area contributed by atoms with Gasteiger partial charge in [0.15, 0.2) is 12.4 Å². The zero-order chi connectivity index (χ0) is 25.3. The highest BCUT2D eigenvalue weighted by atomic mass is 32.1. The minimum atomic E-state index is -2.86. The molecule has 0 atom stereocenters. The molecule has 1 aromatic heterocycles. The summed E-state index contributed by atoms with van der Waals surface area (Å²) in [6.07, 6.45) is 7.30. The molecular formula is C27H33F2N3O3S. The average molecular weight is 518 g/mol. The highest BCUT2D eigenvalue weighted by molar-refractivity contribution is 7.13. The van der Waals surface area contributed by atoms with Gasteiger partial charge in [-0.05, 0) is 55.7 Å². The van der Waals surface area contributed by atoms with Gasteiger partial charge in [0.25, 0.3) is 11.1 Å². The number of anilines is 1. The van der Waals surface area contributed by atoms with Crippen LogP contribution in [0.4, 0.5) is 14.5 Å². The van der Waals surface area contributed by atoms with Crippen LogP contribution in [0.15, 0.2) is 18.2 Å². The lowest BCUT2D eigenvalue weighted by molar-refractivity contribution is -0.115. The number of nitrogens with one attached hydrogen (secondary N) is 1. The highest BCUT2D eigenvalue weighted by Crippen LogP contribution is 2.36. The van der Waals surface area contributed by atoms with Crippen LogP contribution in [-0.4, -0.2) is 47.2 Å². The van der Waals surface area contributed by atoms with E-state index in [0.29, 0.717) is 35.4 Å². The molecule has 1 amide bonds. The number of hydrogen-bond acceptors (Lipinski definition) is 6. The molecule has 6 nitrogen and oxygen atoms in total. The standard InChI is InChI=1S/C27H33F2N3O3S/c1-27(28,29)16-35-26-31-22-15-32(12-10-24(22)36-26)11-9-17-5-7-18(8-6-17)13-23(33)19-3-2-4-21-20(19)14-25(34)30-21/h2-4,17-18H,5-16H2,1H3,(H,30,34). The number of hydrogen-bond donors (Lipinski definition) is 1. The van der Waals surface area contributed by atoms with Crippen molar-refractivity contribution in [3.63, 3.8) is 0 Å². The zero-order valence-corrected chi connectivity index (χ0v) is 21.5. The molecule has 3 aliphatic rings. The van der Waals surface area contributed by atoms with E-state index >= 15 is 0 Å². The van der Waals surface area contributed by atoms with Crippen molar-refractivity contribution < 1.29 is 23.1 Å². The van der Waals surface area contributed by atoms with Crippen LogP contribution in [0.25, 0.3) is 0 Å². The van der Waals surface area contributed by atoms with Gasteiger partial charge in [0.1, 0.15) is 0 Å². The molecule has 0 spiro atoms. The number of rotatable bonds is 9. The maximum atomic E-state index is 13.1. The van der Waals surface area contributed by atoms with Crippen molar-refractivity contribution in [2.75, 3.05) is 25.0 Å². The van der Waals surface area contributed by atoms with Gasteiger partial charge >= 0.3 is 0 Å². The Morgan fingerprint density at radius 3 is 2.81 bits per heavy atom. The van der Waals surface area contributed by atoms with E-state index in [1.54, 1.807) is 0 Å². The highest BCUT2D eigenvalue weighted by Gasteiger charge is 2.29. The Bertz CT molecular complexity index is 1120. The van der Waals surface area contributed by atoms with E-state index in [1.807, 2.05) is 18.2 Å². The first-order valence-corrected chi connectivity index (χ1v) is 13.7. The molecular weight excluding hydrogens is 484 g/mol. The molecule has 1 aliphatic carbocycles. The smallest absolute Gasteiger partial charge is 0.278 e. The second kappa shape index (κ2) is 10.5. The van der Waals surface area contributed by atoms with Gasteiger partial charge in [-0.1, -0.05) is 36.3 Å². The molecule has 0 bridgehead atoms. The SMILES string of the molecule is CC(F)(F)COc1nc2c(s1)CCN(CCC1CCC(CC(=O)c3cccc4c3CC(=O)N4)CC1)C2. The van der Waals surface area contributed by atoms with Crippen LogP contribution >= 0.6 is 11.3 Å². The molecule has 194 valence electrons. The molecule has 1 saturated carbocycles. The van der Waals surface area contributed by atoms with Crippen molar-refractivity contribution in [3.05, 3.63) is 39.9 Å². The lowest BCUT2D eigenvalue weighted by Gasteiger charge is -2.31. The first-order chi connectivity index (χ1) is 17.2. The molecule has 2 aromatic rings. The molecule has 5 rings (SSSR count). The molecule has 2 aliphatic heterocycles. The molecule has 0 radical (unpaired) electrons. The number of thiazole rings is 1. The van der Waals surface area contributed by atoms with Crippen molar-refractivity contribution in [3.8, 4) is 5.19 Å². The number of aromatic nitrogens is 1. The third-order valence-electron chi connectivity index (χ3n) is 7.62. The quantitative estimate of drug-likeness (QED) is 0.445. The van der Waals surface area contributed by atoms with Crippen LogP contribution in [0.1, 0.15) is 71.9 Å². The van der Waals surface area contributed by atoms with E-state index in [9.17, 15) is 18.4 Å². The fraction of sp³-hybridized carbons (Fsp3) is 0.593. The predicted octanol–water partition coefficient (Wildman–Crippen LogP) is 5.50. The Hall–Kier alpha value is -2.39. The number of ketones is 1. The topological polar surface area (TPSA) is 71.5 Å². The van der Waals surface area contributed by atoms with E-state index in [-0.39, 0.29) is 11.7 Å². The summed E-state index contributed by atoms with van der Waals surface area (Å²) in [7, 11) is 0. The van der Waals surface area contributed by atoms with E-state index in [0.717, 1.165) is 86.9 Å². The summed E-state index contributed by atoms with van der Waals surface area (Å²) in [5.41, 5.74) is 3.31. The van der Waals surface area contributed by atoms with Gasteiger partial charge in [0.05, 0.1) is 12.1 Å². The van der Waals surface area contributed by atoms with Crippen LogP contribution in [0.5, 0.6) is 5.19 Å². The second-order valence-corrected chi connectivity index (χ2v) is 11.6. The van der Waals surface area contributed by atoms with Crippen molar-refractivity contribution in [2.45, 2.75) is 70.8 Å². The number of amides is 1. The number of carbonyl (C=O) groups excluding carboxylic acids is 2. The Morgan fingerprint density at radius 2 is 2.03 bits per heavy atom. The molecule has 36 heavy (non-hydrogen) atoms. The first kappa shape index (κ1) is 25.3. The van der Waals surface area contributed by atoms with Gasteiger partial charge in [-0.15, -0.1) is 0 Å². The molecule has 1 fully saturated rings. The second-order valence-electron chi connectivity index (χ2n) is 10.6. The lowest BCUT2D eigenvalue weighted by atomic mass is 9.78. The van der Waals surface area contributed by atoms with Crippen LogP contribution in [0.2, 0.25) is 0 Å². The van der Waals surface area contributed by atoms with Crippen LogP contribution in [-0.2, 0) is 24.2 Å². The molecule has 9 heteroatoms. The molecule has 0 unspecified atom stereocenters. The van der Waals surface area contributed by atoms with E-state index in [2.05, 4.69) is 15.2 Å². The Labute approximate surface area is 214 Å². The minimum Gasteiger partial charge on any atom is -0.464 e.